The van der Waals surface area contributed by atoms with Crippen molar-refractivity contribution in [3.05, 3.63) is 90.0 Å². The summed E-state index contributed by atoms with van der Waals surface area (Å²) in [5, 5.41) is 6.18. The van der Waals surface area contributed by atoms with Crippen LogP contribution in [0.3, 0.4) is 0 Å². The summed E-state index contributed by atoms with van der Waals surface area (Å²) in [6.45, 7) is 1.95. The van der Waals surface area contributed by atoms with Crippen LogP contribution in [-0.4, -0.2) is 32.2 Å². The molecule has 9 heteroatoms. The van der Waals surface area contributed by atoms with Crippen molar-refractivity contribution >= 4 is 17.0 Å². The number of benzene rings is 2. The molecular formula is C24H28FN3O4S. The van der Waals surface area contributed by atoms with Crippen molar-refractivity contribution in [3.8, 4) is 5.75 Å². The summed E-state index contributed by atoms with van der Waals surface area (Å²) in [4.78, 5) is 16.2. The minimum atomic E-state index is -2.00. The number of aromatic nitrogens is 1. The number of carbonyl (C=O) groups excluding carboxylic acids is 1. The number of nitrogens with zero attached hydrogens (tertiary/aromatic N) is 1. The lowest BCUT2D eigenvalue weighted by molar-refractivity contribution is -0.122. The Balaban J connectivity index is 0.000000314. The van der Waals surface area contributed by atoms with E-state index in [-0.39, 0.29) is 18.3 Å². The summed E-state index contributed by atoms with van der Waals surface area (Å²) >= 11 is -2.00. The van der Waals surface area contributed by atoms with Gasteiger partial charge in [-0.3, -0.25) is 9.78 Å². The number of amides is 1. The molecule has 2 atom stereocenters. The van der Waals surface area contributed by atoms with Gasteiger partial charge in [0.1, 0.15) is 18.2 Å². The molecule has 2 heterocycles. The molecule has 1 amide bonds. The molecule has 7 nitrogen and oxygen atoms in total. The molecule has 1 saturated heterocycles. The average Bonchev–Trinajstić information content (AvgIpc) is 3.38. The van der Waals surface area contributed by atoms with E-state index in [1.54, 1.807) is 12.4 Å². The fourth-order valence-corrected chi connectivity index (χ4v) is 3.53. The molecule has 2 unspecified atom stereocenters. The highest BCUT2D eigenvalue weighted by molar-refractivity contribution is 7.79. The number of ether oxygens (including phenoxy) is 1. The number of pyridine rings is 1. The molecule has 4 rings (SSSR count). The normalized spacial score (nSPS) is 15.8. The van der Waals surface area contributed by atoms with Gasteiger partial charge in [-0.1, -0.05) is 12.1 Å². The first-order valence-electron chi connectivity index (χ1n) is 10.5. The van der Waals surface area contributed by atoms with E-state index in [2.05, 4.69) is 15.6 Å². The summed E-state index contributed by atoms with van der Waals surface area (Å²) in [5.41, 5.74) is 2.11. The fraction of sp³-hybridized carbons (Fsp3) is 0.250. The molecule has 3 aromatic rings. The summed E-state index contributed by atoms with van der Waals surface area (Å²) in [7, 11) is 0. The van der Waals surface area contributed by atoms with Gasteiger partial charge in [-0.05, 0) is 79.0 Å². The van der Waals surface area contributed by atoms with Crippen LogP contribution in [0.2, 0.25) is 0 Å². The second-order valence-electron chi connectivity index (χ2n) is 7.36. The molecule has 0 bridgehead atoms. The average molecular weight is 474 g/mol. The molecule has 0 saturated carbocycles. The van der Waals surface area contributed by atoms with Gasteiger partial charge in [-0.15, -0.1) is 0 Å². The van der Waals surface area contributed by atoms with Gasteiger partial charge in [0.2, 0.25) is 5.91 Å². The number of hydrogen-bond donors (Lipinski definition) is 3. The summed E-state index contributed by atoms with van der Waals surface area (Å²) < 4.78 is 36.7. The second-order valence-corrected chi connectivity index (χ2v) is 8.33. The lowest BCUT2D eigenvalue weighted by Gasteiger charge is -2.12. The van der Waals surface area contributed by atoms with Gasteiger partial charge in [0.25, 0.3) is 0 Å². The first kappa shape index (κ1) is 24.5. The van der Waals surface area contributed by atoms with Crippen LogP contribution >= 0.6 is 0 Å². The molecular weight excluding hydrogens is 445 g/mol. The van der Waals surface area contributed by atoms with Gasteiger partial charge in [0, 0.05) is 20.4 Å². The fourth-order valence-electron chi connectivity index (χ4n) is 3.16. The molecule has 0 spiro atoms. The predicted octanol–water partition coefficient (Wildman–Crippen LogP) is 3.68. The van der Waals surface area contributed by atoms with Crippen LogP contribution in [0, 0.1) is 5.82 Å². The van der Waals surface area contributed by atoms with Crippen molar-refractivity contribution in [1.82, 2.24) is 15.6 Å². The Bertz CT molecular complexity index is 1050. The largest absolute Gasteiger partial charge is 0.489 e. The van der Waals surface area contributed by atoms with Crippen LogP contribution in [0.5, 0.6) is 5.75 Å². The maximum atomic E-state index is 12.2. The molecule has 0 aliphatic carbocycles. The number of carbonyl (C=O) groups is 1. The van der Waals surface area contributed by atoms with Crippen molar-refractivity contribution in [3.63, 3.8) is 0 Å². The highest BCUT2D eigenvalue weighted by atomic mass is 32.2. The minimum Gasteiger partial charge on any atom is -0.489 e. The zero-order valence-electron chi connectivity index (χ0n) is 17.9. The zero-order valence-corrected chi connectivity index (χ0v) is 18.8. The van der Waals surface area contributed by atoms with Crippen LogP contribution in [-0.2, 0) is 29.0 Å². The lowest BCUT2D eigenvalue weighted by atomic mass is 10.2. The standard InChI is InChI=1S/C18H21N3O2.C6H5FO2S.H2/c22-18(17-5-2-8-20-17)21-12-15-3-1-4-16(11-15)23-13-14-6-9-19-10-7-14;7-5-1-3-6(4-2-5)10(8)9;/h1,3-4,6-7,9-11,17,20H,2,5,8,12-13H2,(H,21,22);1-4H,(H,8,9);1H. The summed E-state index contributed by atoms with van der Waals surface area (Å²) in [5.74, 6) is 0.465. The summed E-state index contributed by atoms with van der Waals surface area (Å²) in [6, 6.07) is 16.5. The maximum Gasteiger partial charge on any atom is 0.237 e. The van der Waals surface area contributed by atoms with E-state index in [1.807, 2.05) is 36.4 Å². The maximum absolute atomic E-state index is 12.2. The quantitative estimate of drug-likeness (QED) is 0.453. The Morgan fingerprint density at radius 2 is 1.94 bits per heavy atom. The first-order valence-corrected chi connectivity index (χ1v) is 11.6. The van der Waals surface area contributed by atoms with Gasteiger partial charge in [0.05, 0.1) is 10.9 Å². The van der Waals surface area contributed by atoms with Crippen LogP contribution in [0.25, 0.3) is 0 Å². The SMILES string of the molecule is O=C(NCc1cccc(OCc2ccncc2)c1)C1CCCN1.O=S(O)c1ccc(F)cc1.[HH]. The van der Waals surface area contributed by atoms with E-state index in [1.165, 1.54) is 12.1 Å². The zero-order chi connectivity index (χ0) is 23.5. The van der Waals surface area contributed by atoms with Crippen LogP contribution in [0.1, 0.15) is 25.4 Å². The van der Waals surface area contributed by atoms with E-state index >= 15 is 0 Å². The van der Waals surface area contributed by atoms with Crippen LogP contribution < -0.4 is 15.4 Å². The minimum absolute atomic E-state index is 0. The first-order chi connectivity index (χ1) is 16.0. The third-order valence-corrected chi connectivity index (χ3v) is 5.59. The van der Waals surface area contributed by atoms with Crippen LogP contribution in [0.4, 0.5) is 4.39 Å². The Morgan fingerprint density at radius 3 is 2.61 bits per heavy atom. The molecule has 176 valence electrons. The smallest absolute Gasteiger partial charge is 0.237 e. The number of halogens is 1. The number of hydrogen-bond acceptors (Lipinski definition) is 5. The molecule has 2 aromatic carbocycles. The molecule has 1 aliphatic heterocycles. The van der Waals surface area contributed by atoms with Crippen molar-refractivity contribution in [2.75, 3.05) is 6.54 Å². The highest BCUT2D eigenvalue weighted by Gasteiger charge is 2.21. The Morgan fingerprint density at radius 1 is 1.18 bits per heavy atom. The van der Waals surface area contributed by atoms with Crippen molar-refractivity contribution in [1.29, 1.82) is 0 Å². The predicted molar refractivity (Wildman–Crippen MR) is 125 cm³/mol. The molecule has 1 aliphatic rings. The Hall–Kier alpha value is -3.14. The lowest BCUT2D eigenvalue weighted by Crippen LogP contribution is -2.39. The molecule has 3 N–H and O–H groups in total. The van der Waals surface area contributed by atoms with E-state index in [0.717, 1.165) is 48.4 Å². The molecule has 1 aromatic heterocycles. The number of rotatable bonds is 7. The van der Waals surface area contributed by atoms with Gasteiger partial charge in [0.15, 0.2) is 11.1 Å². The van der Waals surface area contributed by atoms with E-state index in [9.17, 15) is 13.4 Å². The van der Waals surface area contributed by atoms with Crippen molar-refractivity contribution in [2.45, 2.75) is 36.9 Å². The van der Waals surface area contributed by atoms with Crippen molar-refractivity contribution < 1.29 is 24.1 Å². The number of nitrogens with one attached hydrogen (secondary N) is 2. The monoisotopic (exact) mass is 473 g/mol. The Labute approximate surface area is 196 Å². The molecule has 33 heavy (non-hydrogen) atoms. The topological polar surface area (TPSA) is 101 Å². The van der Waals surface area contributed by atoms with E-state index < -0.39 is 16.9 Å². The van der Waals surface area contributed by atoms with E-state index in [4.69, 9.17) is 9.29 Å². The van der Waals surface area contributed by atoms with Gasteiger partial charge in [-0.2, -0.15) is 0 Å². The Kier molecular flexibility index (Phi) is 9.49. The molecule has 0 radical (unpaired) electrons. The van der Waals surface area contributed by atoms with Gasteiger partial charge < -0.3 is 19.9 Å². The molecule has 1 fully saturated rings. The summed E-state index contributed by atoms with van der Waals surface area (Å²) in [6.07, 6.45) is 5.49. The van der Waals surface area contributed by atoms with E-state index in [0.29, 0.717) is 13.2 Å². The highest BCUT2D eigenvalue weighted by Crippen LogP contribution is 2.15. The van der Waals surface area contributed by atoms with Crippen molar-refractivity contribution in [2.24, 2.45) is 0 Å². The second kappa shape index (κ2) is 12.8. The van der Waals surface area contributed by atoms with Gasteiger partial charge >= 0.3 is 0 Å². The van der Waals surface area contributed by atoms with Crippen LogP contribution in [0.15, 0.2) is 78.0 Å². The van der Waals surface area contributed by atoms with Gasteiger partial charge in [-0.25, -0.2) is 8.60 Å². The third kappa shape index (κ3) is 8.38. The third-order valence-electron chi connectivity index (χ3n) is 4.91.